The van der Waals surface area contributed by atoms with Crippen molar-refractivity contribution in [2.45, 2.75) is 45.7 Å². The lowest BCUT2D eigenvalue weighted by Gasteiger charge is -2.22. The van der Waals surface area contributed by atoms with Gasteiger partial charge in [-0.15, -0.1) is 0 Å². The van der Waals surface area contributed by atoms with Gasteiger partial charge in [-0.2, -0.15) is 5.26 Å². The quantitative estimate of drug-likeness (QED) is 0.865. The summed E-state index contributed by atoms with van der Waals surface area (Å²) < 4.78 is 0. The third-order valence-corrected chi connectivity index (χ3v) is 4.61. The molecule has 2 aromatic carbocycles. The van der Waals surface area contributed by atoms with E-state index >= 15 is 0 Å². The minimum absolute atomic E-state index is 0.0203. The molecular formula is C23H27N3O2. The second-order valence-electron chi connectivity index (χ2n) is 8.03. The largest absolute Gasteiger partial charge is 0.341 e. The van der Waals surface area contributed by atoms with Crippen molar-refractivity contribution in [2.75, 3.05) is 7.05 Å². The minimum Gasteiger partial charge on any atom is -0.341 e. The normalized spacial score (nSPS) is 12.0. The van der Waals surface area contributed by atoms with E-state index < -0.39 is 6.04 Å². The zero-order chi connectivity index (χ0) is 20.9. The van der Waals surface area contributed by atoms with Crippen LogP contribution >= 0.6 is 0 Å². The molecule has 0 aliphatic carbocycles. The molecule has 1 atom stereocenters. The van der Waals surface area contributed by atoms with E-state index in [9.17, 15) is 9.59 Å². The molecule has 0 bridgehead atoms. The predicted octanol–water partition coefficient (Wildman–Crippen LogP) is 3.63. The van der Waals surface area contributed by atoms with Gasteiger partial charge in [0.1, 0.15) is 6.04 Å². The smallest absolute Gasteiger partial charge is 0.251 e. The highest BCUT2D eigenvalue weighted by atomic mass is 16.2. The number of rotatable bonds is 5. The number of carbonyl (C=O) groups excluding carboxylic acids is 2. The van der Waals surface area contributed by atoms with Crippen LogP contribution in [-0.2, 0) is 16.8 Å². The van der Waals surface area contributed by atoms with E-state index in [4.69, 9.17) is 5.26 Å². The Kier molecular flexibility index (Phi) is 6.58. The van der Waals surface area contributed by atoms with Gasteiger partial charge in [-0.3, -0.25) is 9.59 Å². The monoisotopic (exact) mass is 377 g/mol. The summed E-state index contributed by atoms with van der Waals surface area (Å²) in [5.41, 5.74) is 3.20. The number of benzene rings is 2. The van der Waals surface area contributed by atoms with Crippen LogP contribution in [0.15, 0.2) is 48.5 Å². The average molecular weight is 377 g/mol. The standard InChI is InChI=1S/C23H27N3O2/c1-16(22(28)26(5)15-18-8-6-17(14-24)7-9-18)25-21(27)19-10-12-20(13-11-19)23(2,3)4/h6-13,16H,15H2,1-5H3,(H,25,27). The Morgan fingerprint density at radius 1 is 1.07 bits per heavy atom. The Labute approximate surface area is 167 Å². The second-order valence-corrected chi connectivity index (χ2v) is 8.03. The van der Waals surface area contributed by atoms with Crippen molar-refractivity contribution in [1.29, 1.82) is 5.26 Å². The van der Waals surface area contributed by atoms with Gasteiger partial charge in [0.25, 0.3) is 5.91 Å². The molecule has 0 saturated heterocycles. The molecule has 1 N–H and O–H groups in total. The van der Waals surface area contributed by atoms with Crippen LogP contribution in [0.5, 0.6) is 0 Å². The molecule has 2 amide bonds. The number of nitrogens with one attached hydrogen (secondary N) is 1. The highest BCUT2D eigenvalue weighted by molar-refractivity contribution is 5.97. The first-order chi connectivity index (χ1) is 13.1. The third-order valence-electron chi connectivity index (χ3n) is 4.61. The van der Waals surface area contributed by atoms with Crippen LogP contribution in [-0.4, -0.2) is 29.8 Å². The van der Waals surface area contributed by atoms with Gasteiger partial charge in [-0.25, -0.2) is 0 Å². The van der Waals surface area contributed by atoms with Crippen LogP contribution in [0.4, 0.5) is 0 Å². The van der Waals surface area contributed by atoms with Crippen LogP contribution in [0.25, 0.3) is 0 Å². The number of nitriles is 1. The van der Waals surface area contributed by atoms with Crippen LogP contribution < -0.4 is 5.32 Å². The summed E-state index contributed by atoms with van der Waals surface area (Å²) in [6, 6.07) is 16.0. The van der Waals surface area contributed by atoms with E-state index in [0.717, 1.165) is 11.1 Å². The first kappa shape index (κ1) is 21.2. The molecule has 0 aromatic heterocycles. The minimum atomic E-state index is -0.641. The maximum Gasteiger partial charge on any atom is 0.251 e. The summed E-state index contributed by atoms with van der Waals surface area (Å²) in [5, 5.41) is 11.6. The van der Waals surface area contributed by atoms with Crippen molar-refractivity contribution in [3.05, 3.63) is 70.8 Å². The molecule has 0 spiro atoms. The van der Waals surface area contributed by atoms with E-state index in [1.54, 1.807) is 43.1 Å². The summed E-state index contributed by atoms with van der Waals surface area (Å²) in [7, 11) is 1.70. The van der Waals surface area contributed by atoms with Gasteiger partial charge in [-0.1, -0.05) is 45.0 Å². The van der Waals surface area contributed by atoms with Crippen molar-refractivity contribution in [3.8, 4) is 6.07 Å². The van der Waals surface area contributed by atoms with Gasteiger partial charge in [0.2, 0.25) is 5.91 Å². The molecule has 0 radical (unpaired) electrons. The van der Waals surface area contributed by atoms with Crippen molar-refractivity contribution >= 4 is 11.8 Å². The van der Waals surface area contributed by atoms with Crippen LogP contribution in [0.1, 0.15) is 54.7 Å². The van der Waals surface area contributed by atoms with Gasteiger partial charge in [0, 0.05) is 19.2 Å². The van der Waals surface area contributed by atoms with Crippen LogP contribution in [0.2, 0.25) is 0 Å². The van der Waals surface area contributed by atoms with Crippen LogP contribution in [0, 0.1) is 11.3 Å². The average Bonchev–Trinajstić information content (AvgIpc) is 2.67. The zero-order valence-corrected chi connectivity index (χ0v) is 17.1. The number of hydrogen-bond donors (Lipinski definition) is 1. The van der Waals surface area contributed by atoms with Gasteiger partial charge in [0.15, 0.2) is 0 Å². The summed E-state index contributed by atoms with van der Waals surface area (Å²) in [5.74, 6) is -0.447. The Balaban J connectivity index is 1.96. The maximum absolute atomic E-state index is 12.6. The summed E-state index contributed by atoms with van der Waals surface area (Å²) in [4.78, 5) is 26.6. The Morgan fingerprint density at radius 3 is 2.14 bits per heavy atom. The molecule has 2 aromatic rings. The van der Waals surface area contributed by atoms with E-state index in [1.807, 2.05) is 24.3 Å². The lowest BCUT2D eigenvalue weighted by atomic mass is 9.86. The summed E-state index contributed by atoms with van der Waals surface area (Å²) >= 11 is 0. The number of likely N-dealkylation sites (N-methyl/N-ethyl adjacent to an activating group) is 1. The molecular weight excluding hydrogens is 350 g/mol. The van der Waals surface area contributed by atoms with Gasteiger partial charge in [-0.05, 0) is 47.7 Å². The van der Waals surface area contributed by atoms with E-state index in [-0.39, 0.29) is 17.2 Å². The maximum atomic E-state index is 12.6. The zero-order valence-electron chi connectivity index (χ0n) is 17.1. The number of carbonyl (C=O) groups is 2. The first-order valence-electron chi connectivity index (χ1n) is 9.27. The van der Waals surface area contributed by atoms with E-state index in [0.29, 0.717) is 17.7 Å². The molecule has 0 aliphatic heterocycles. The van der Waals surface area contributed by atoms with E-state index in [2.05, 4.69) is 32.2 Å². The Morgan fingerprint density at radius 2 is 1.64 bits per heavy atom. The molecule has 2 rings (SSSR count). The van der Waals surface area contributed by atoms with Crippen molar-refractivity contribution in [2.24, 2.45) is 0 Å². The molecule has 1 unspecified atom stereocenters. The summed E-state index contributed by atoms with van der Waals surface area (Å²) in [6.45, 7) is 8.44. The first-order valence-corrected chi connectivity index (χ1v) is 9.27. The number of hydrogen-bond acceptors (Lipinski definition) is 3. The lowest BCUT2D eigenvalue weighted by Crippen LogP contribution is -2.45. The summed E-state index contributed by atoms with van der Waals surface area (Å²) in [6.07, 6.45) is 0. The number of nitrogens with zero attached hydrogens (tertiary/aromatic N) is 2. The molecule has 0 saturated carbocycles. The van der Waals surface area contributed by atoms with Crippen molar-refractivity contribution in [1.82, 2.24) is 10.2 Å². The fourth-order valence-corrected chi connectivity index (χ4v) is 2.83. The van der Waals surface area contributed by atoms with Crippen molar-refractivity contribution in [3.63, 3.8) is 0 Å². The van der Waals surface area contributed by atoms with Gasteiger partial charge >= 0.3 is 0 Å². The highest BCUT2D eigenvalue weighted by Gasteiger charge is 2.21. The van der Waals surface area contributed by atoms with Crippen molar-refractivity contribution < 1.29 is 9.59 Å². The van der Waals surface area contributed by atoms with Crippen LogP contribution in [0.3, 0.4) is 0 Å². The van der Waals surface area contributed by atoms with E-state index in [1.165, 1.54) is 0 Å². The fraction of sp³-hybridized carbons (Fsp3) is 0.348. The van der Waals surface area contributed by atoms with Gasteiger partial charge < -0.3 is 10.2 Å². The topological polar surface area (TPSA) is 73.2 Å². The molecule has 5 nitrogen and oxygen atoms in total. The molecule has 0 aliphatic rings. The predicted molar refractivity (Wildman–Crippen MR) is 110 cm³/mol. The molecule has 28 heavy (non-hydrogen) atoms. The Hall–Kier alpha value is -3.13. The molecule has 0 heterocycles. The second kappa shape index (κ2) is 8.71. The Bertz CT molecular complexity index is 872. The molecule has 5 heteroatoms. The fourth-order valence-electron chi connectivity index (χ4n) is 2.83. The number of amides is 2. The molecule has 146 valence electrons. The third kappa shape index (κ3) is 5.43. The highest BCUT2D eigenvalue weighted by Crippen LogP contribution is 2.22. The molecule has 0 fully saturated rings. The lowest BCUT2D eigenvalue weighted by molar-refractivity contribution is -0.132. The SMILES string of the molecule is CC(NC(=O)c1ccc(C(C)(C)C)cc1)C(=O)N(C)Cc1ccc(C#N)cc1. The van der Waals surface area contributed by atoms with Gasteiger partial charge in [0.05, 0.1) is 11.6 Å².